The van der Waals surface area contributed by atoms with Gasteiger partial charge >= 0.3 is 0 Å². The van der Waals surface area contributed by atoms with Gasteiger partial charge in [-0.15, -0.1) is 11.3 Å². The molecule has 1 amide bonds. The van der Waals surface area contributed by atoms with Crippen LogP contribution >= 0.6 is 23.6 Å². The van der Waals surface area contributed by atoms with Gasteiger partial charge in [-0.3, -0.25) is 15.6 Å². The second-order valence-electron chi connectivity index (χ2n) is 7.27. The number of aryl methyl sites for hydroxylation is 2. The van der Waals surface area contributed by atoms with Crippen LogP contribution in [-0.2, 0) is 17.6 Å². The van der Waals surface area contributed by atoms with Gasteiger partial charge in [0.15, 0.2) is 5.11 Å². The highest BCUT2D eigenvalue weighted by atomic mass is 32.1. The van der Waals surface area contributed by atoms with Crippen molar-refractivity contribution in [2.75, 3.05) is 39.4 Å². The Morgan fingerprint density at radius 2 is 1.93 bits per heavy atom. The second-order valence-corrected chi connectivity index (χ2v) is 8.82. The summed E-state index contributed by atoms with van der Waals surface area (Å²) in [6, 6.07) is 2.06. The first-order chi connectivity index (χ1) is 13.2. The van der Waals surface area contributed by atoms with E-state index < -0.39 is 0 Å². The first kappa shape index (κ1) is 20.5. The van der Waals surface area contributed by atoms with Crippen molar-refractivity contribution in [1.29, 1.82) is 0 Å². The first-order valence-electron chi connectivity index (χ1n) is 10.1. The maximum absolute atomic E-state index is 12.4. The van der Waals surface area contributed by atoms with E-state index in [0.29, 0.717) is 5.11 Å². The second kappa shape index (κ2) is 10.9. The van der Waals surface area contributed by atoms with Gasteiger partial charge in [-0.1, -0.05) is 12.8 Å². The molecule has 3 rings (SSSR count). The molecule has 4 N–H and O–H groups in total. The van der Waals surface area contributed by atoms with E-state index >= 15 is 0 Å². The normalized spacial score (nSPS) is 18.1. The van der Waals surface area contributed by atoms with E-state index in [4.69, 9.17) is 17.0 Å². The Morgan fingerprint density at radius 1 is 1.15 bits per heavy atom. The number of hydrazine groups is 1. The lowest BCUT2D eigenvalue weighted by molar-refractivity contribution is -0.908. The van der Waals surface area contributed by atoms with Gasteiger partial charge in [0.25, 0.3) is 5.91 Å². The zero-order valence-corrected chi connectivity index (χ0v) is 17.5. The van der Waals surface area contributed by atoms with Crippen LogP contribution in [0.2, 0.25) is 0 Å². The molecule has 1 aliphatic carbocycles. The van der Waals surface area contributed by atoms with Crippen molar-refractivity contribution < 1.29 is 14.4 Å². The Bertz CT molecular complexity index is 604. The molecule has 1 aromatic heterocycles. The standard InChI is InChI=1S/C19H30N4O2S2/c24-18(17-14-15-6-3-1-2-4-7-16(15)27-17)21-22-19(26)20-8-5-9-23-10-12-25-13-11-23/h14H,1-13H2,(H,21,24)(H2,20,22,26)/p+1. The number of carbonyl (C=O) groups is 1. The molecule has 2 aliphatic rings. The summed E-state index contributed by atoms with van der Waals surface area (Å²) in [5.74, 6) is -0.103. The molecular formula is C19H31N4O2S2+. The molecule has 27 heavy (non-hydrogen) atoms. The number of quaternary nitrogens is 1. The molecule has 6 nitrogen and oxygen atoms in total. The van der Waals surface area contributed by atoms with Crippen molar-refractivity contribution in [3.8, 4) is 0 Å². The van der Waals surface area contributed by atoms with Gasteiger partial charge in [0.2, 0.25) is 0 Å². The Labute approximate surface area is 171 Å². The van der Waals surface area contributed by atoms with Crippen LogP contribution in [0.1, 0.15) is 52.2 Å². The van der Waals surface area contributed by atoms with Gasteiger partial charge in [0, 0.05) is 17.8 Å². The maximum Gasteiger partial charge on any atom is 0.279 e. The fraction of sp³-hybridized carbons (Fsp3) is 0.684. The van der Waals surface area contributed by atoms with Crippen LogP contribution in [0.3, 0.4) is 0 Å². The van der Waals surface area contributed by atoms with Gasteiger partial charge < -0.3 is 15.0 Å². The van der Waals surface area contributed by atoms with E-state index in [1.54, 1.807) is 16.2 Å². The van der Waals surface area contributed by atoms with Crippen molar-refractivity contribution in [2.45, 2.75) is 44.9 Å². The van der Waals surface area contributed by atoms with Crippen LogP contribution in [0, 0.1) is 0 Å². The van der Waals surface area contributed by atoms with E-state index in [0.717, 1.165) is 63.5 Å². The third-order valence-electron chi connectivity index (χ3n) is 5.20. The molecule has 1 fully saturated rings. The van der Waals surface area contributed by atoms with Crippen molar-refractivity contribution in [3.63, 3.8) is 0 Å². The lowest BCUT2D eigenvalue weighted by Gasteiger charge is -2.23. The van der Waals surface area contributed by atoms with Crippen molar-refractivity contribution in [2.24, 2.45) is 0 Å². The summed E-state index contributed by atoms with van der Waals surface area (Å²) in [4.78, 5) is 16.1. The molecular weight excluding hydrogens is 380 g/mol. The van der Waals surface area contributed by atoms with E-state index in [-0.39, 0.29) is 5.91 Å². The number of thiocarbonyl (C=S) groups is 1. The van der Waals surface area contributed by atoms with Crippen LogP contribution in [0.5, 0.6) is 0 Å². The summed E-state index contributed by atoms with van der Waals surface area (Å²) < 4.78 is 5.37. The van der Waals surface area contributed by atoms with E-state index in [1.807, 2.05) is 0 Å². The number of hydrogen-bond acceptors (Lipinski definition) is 4. The number of ether oxygens (including phenoxy) is 1. The predicted molar refractivity (Wildman–Crippen MR) is 112 cm³/mol. The quantitative estimate of drug-likeness (QED) is 0.328. The van der Waals surface area contributed by atoms with Crippen molar-refractivity contribution in [3.05, 3.63) is 21.4 Å². The summed E-state index contributed by atoms with van der Waals surface area (Å²) in [7, 11) is 0. The minimum absolute atomic E-state index is 0.103. The molecule has 0 radical (unpaired) electrons. The lowest BCUT2D eigenvalue weighted by atomic mass is 10.00. The maximum atomic E-state index is 12.4. The minimum Gasteiger partial charge on any atom is -0.370 e. The lowest BCUT2D eigenvalue weighted by Crippen LogP contribution is -3.14. The smallest absolute Gasteiger partial charge is 0.279 e. The van der Waals surface area contributed by atoms with E-state index in [9.17, 15) is 4.79 Å². The molecule has 0 bridgehead atoms. The number of fused-ring (bicyclic) bond motifs is 1. The highest BCUT2D eigenvalue weighted by Crippen LogP contribution is 2.28. The largest absolute Gasteiger partial charge is 0.370 e. The number of carbonyl (C=O) groups excluding carboxylic acids is 1. The van der Waals surface area contributed by atoms with Crippen LogP contribution < -0.4 is 21.1 Å². The van der Waals surface area contributed by atoms with Crippen molar-refractivity contribution in [1.82, 2.24) is 16.2 Å². The number of rotatable bonds is 5. The Hall–Kier alpha value is -1.22. The average Bonchev–Trinajstić information content (AvgIpc) is 3.06. The minimum atomic E-state index is -0.103. The topological polar surface area (TPSA) is 66.8 Å². The monoisotopic (exact) mass is 411 g/mol. The van der Waals surface area contributed by atoms with Crippen LogP contribution in [-0.4, -0.2) is 50.4 Å². The average molecular weight is 412 g/mol. The number of morpholine rings is 1. The Morgan fingerprint density at radius 3 is 2.74 bits per heavy atom. The first-order valence-corrected chi connectivity index (χ1v) is 11.3. The molecule has 1 aliphatic heterocycles. The third kappa shape index (κ3) is 6.71. The van der Waals surface area contributed by atoms with Gasteiger partial charge in [0.05, 0.1) is 24.6 Å². The van der Waals surface area contributed by atoms with E-state index in [1.165, 1.54) is 36.1 Å². The molecule has 1 aromatic rings. The number of amides is 1. The van der Waals surface area contributed by atoms with Crippen molar-refractivity contribution >= 4 is 34.6 Å². The molecule has 0 unspecified atom stereocenters. The fourth-order valence-corrected chi connectivity index (χ4v) is 4.93. The van der Waals surface area contributed by atoms with Crippen LogP contribution in [0.15, 0.2) is 6.07 Å². The fourth-order valence-electron chi connectivity index (χ4n) is 3.63. The molecule has 0 spiro atoms. The summed E-state index contributed by atoms with van der Waals surface area (Å²) in [5, 5.41) is 3.63. The summed E-state index contributed by atoms with van der Waals surface area (Å²) in [6.45, 7) is 5.82. The van der Waals surface area contributed by atoms with Gasteiger partial charge in [-0.25, -0.2) is 0 Å². The van der Waals surface area contributed by atoms with Gasteiger partial charge in [-0.05, 0) is 49.5 Å². The number of thiophene rings is 1. The SMILES string of the molecule is O=C(NNC(=S)NCCC[NH+]1CCOCC1)c1cc2c(s1)CCCCCC2. The third-order valence-corrected chi connectivity index (χ3v) is 6.68. The highest BCUT2D eigenvalue weighted by molar-refractivity contribution is 7.80. The van der Waals surface area contributed by atoms with Gasteiger partial charge in [-0.2, -0.15) is 0 Å². The highest BCUT2D eigenvalue weighted by Gasteiger charge is 2.16. The molecule has 1 saturated heterocycles. The number of nitrogens with one attached hydrogen (secondary N) is 4. The summed E-state index contributed by atoms with van der Waals surface area (Å²) in [5.41, 5.74) is 6.91. The molecule has 2 heterocycles. The molecule has 8 heteroatoms. The predicted octanol–water partition coefficient (Wildman–Crippen LogP) is 0.821. The van der Waals surface area contributed by atoms with Crippen LogP contribution in [0.25, 0.3) is 0 Å². The Balaban J connectivity index is 1.34. The summed E-state index contributed by atoms with van der Waals surface area (Å²) in [6.07, 6.45) is 8.29. The zero-order valence-electron chi connectivity index (χ0n) is 15.9. The molecule has 0 saturated carbocycles. The molecule has 0 aromatic carbocycles. The molecule has 150 valence electrons. The van der Waals surface area contributed by atoms with E-state index in [2.05, 4.69) is 22.2 Å². The number of hydrogen-bond donors (Lipinski definition) is 4. The summed E-state index contributed by atoms with van der Waals surface area (Å²) >= 11 is 6.88. The zero-order chi connectivity index (χ0) is 18.9. The van der Waals surface area contributed by atoms with Crippen LogP contribution in [0.4, 0.5) is 0 Å². The molecule has 0 atom stereocenters. The Kier molecular flexibility index (Phi) is 8.32. The van der Waals surface area contributed by atoms with Gasteiger partial charge in [0.1, 0.15) is 13.1 Å².